The lowest BCUT2D eigenvalue weighted by atomic mass is 9.79. The van der Waals surface area contributed by atoms with Gasteiger partial charge in [0.05, 0.1) is 27.4 Å². The Balaban J connectivity index is 1.96. The fourth-order valence-electron chi connectivity index (χ4n) is 8.57. The van der Waals surface area contributed by atoms with Crippen LogP contribution < -0.4 is 18.9 Å². The number of rotatable bonds is 12. The van der Waals surface area contributed by atoms with E-state index in [1.165, 1.54) is 66.8 Å². The number of fused-ring (bicyclic) bond motifs is 8. The van der Waals surface area contributed by atoms with Gasteiger partial charge in [-0.25, -0.2) is 0 Å². The monoisotopic (exact) mass is 817 g/mol. The normalized spacial score (nSPS) is 13.6. The van der Waals surface area contributed by atoms with Crippen molar-refractivity contribution in [3.05, 3.63) is 115 Å². The van der Waals surface area contributed by atoms with Gasteiger partial charge in [-0.05, 0) is 101 Å². The molecule has 4 nitrogen and oxygen atoms in total. The number of ether oxygens (including phenoxy) is 4. The molecule has 0 aromatic heterocycles. The van der Waals surface area contributed by atoms with Crippen molar-refractivity contribution >= 4 is 0 Å². The summed E-state index contributed by atoms with van der Waals surface area (Å²) in [5.74, 6) is 3.92. The molecule has 0 atom stereocenters. The Morgan fingerprint density at radius 2 is 0.567 bits per heavy atom. The highest BCUT2D eigenvalue weighted by Gasteiger charge is 2.29. The fraction of sp³-hybridized carbons (Fsp3) is 0.571. The average molecular weight is 817 g/mol. The third kappa shape index (κ3) is 11.3. The van der Waals surface area contributed by atoms with Gasteiger partial charge in [0.25, 0.3) is 0 Å². The summed E-state index contributed by atoms with van der Waals surface area (Å²) in [6, 6.07) is 19.3. The van der Waals surface area contributed by atoms with E-state index in [0.717, 1.165) is 61.5 Å². The first kappa shape index (κ1) is 47.1. The largest absolute Gasteiger partial charge is 0.496 e. The van der Waals surface area contributed by atoms with E-state index in [4.69, 9.17) is 18.9 Å². The third-order valence-electron chi connectivity index (χ3n) is 12.4. The van der Waals surface area contributed by atoms with Gasteiger partial charge in [0.2, 0.25) is 0 Å². The molecule has 0 fully saturated rings. The Morgan fingerprint density at radius 3 is 0.750 bits per heavy atom. The molecule has 8 bridgehead atoms. The Hall–Kier alpha value is -3.92. The van der Waals surface area contributed by atoms with Crippen molar-refractivity contribution in [1.82, 2.24) is 0 Å². The fourth-order valence-corrected chi connectivity index (χ4v) is 8.57. The third-order valence-corrected chi connectivity index (χ3v) is 12.4. The molecule has 1 aliphatic rings. The van der Waals surface area contributed by atoms with Gasteiger partial charge < -0.3 is 18.9 Å². The number of unbranched alkanes of at least 4 members (excludes halogenated alkanes) is 4. The molecule has 4 aromatic carbocycles. The first-order chi connectivity index (χ1) is 28.1. The van der Waals surface area contributed by atoms with Crippen LogP contribution in [0.15, 0.2) is 48.5 Å². The second-order valence-corrected chi connectivity index (χ2v) is 21.7. The predicted octanol–water partition coefficient (Wildman–Crippen LogP) is 14.7. The highest BCUT2D eigenvalue weighted by atomic mass is 16.5. The SMILES string of the molecule is CCCCCOc1c2cc(C(C)(C)C)cc1Cc1cc(C(C)(C)C)cc(c1OCCCCC)Cc1cc(C(C)(C)C)cc(c1OC)Cc1cc(C(C)(C)C)cc(c1OC)C2. The summed E-state index contributed by atoms with van der Waals surface area (Å²) in [7, 11) is 3.68. The van der Waals surface area contributed by atoms with Crippen molar-refractivity contribution in [2.45, 2.75) is 183 Å². The van der Waals surface area contributed by atoms with Gasteiger partial charge in [-0.2, -0.15) is 0 Å². The van der Waals surface area contributed by atoms with Gasteiger partial charge in [0.1, 0.15) is 23.0 Å². The summed E-state index contributed by atoms with van der Waals surface area (Å²) in [5.41, 5.74) is 14.5. The zero-order valence-electron chi connectivity index (χ0n) is 40.7. The van der Waals surface area contributed by atoms with Gasteiger partial charge in [-0.1, -0.05) is 171 Å². The minimum absolute atomic E-state index is 0.0714. The van der Waals surface area contributed by atoms with E-state index < -0.39 is 0 Å². The second kappa shape index (κ2) is 19.0. The zero-order chi connectivity index (χ0) is 44.2. The minimum Gasteiger partial charge on any atom is -0.496 e. The molecule has 0 spiro atoms. The van der Waals surface area contributed by atoms with Crippen molar-refractivity contribution in [3.63, 3.8) is 0 Å². The maximum atomic E-state index is 7.06. The Kier molecular flexibility index (Phi) is 14.9. The molecule has 0 unspecified atom stereocenters. The van der Waals surface area contributed by atoms with Crippen molar-refractivity contribution in [1.29, 1.82) is 0 Å². The molecule has 4 heteroatoms. The molecule has 0 N–H and O–H groups in total. The Morgan fingerprint density at radius 1 is 0.350 bits per heavy atom. The Bertz CT molecular complexity index is 1940. The van der Waals surface area contributed by atoms with Gasteiger partial charge >= 0.3 is 0 Å². The van der Waals surface area contributed by atoms with E-state index >= 15 is 0 Å². The maximum absolute atomic E-state index is 7.06. The molecule has 0 saturated carbocycles. The highest BCUT2D eigenvalue weighted by Crippen LogP contribution is 2.44. The number of hydrogen-bond acceptors (Lipinski definition) is 4. The van der Waals surface area contributed by atoms with Crippen LogP contribution in [0.25, 0.3) is 0 Å². The van der Waals surface area contributed by atoms with Gasteiger partial charge in [-0.15, -0.1) is 0 Å². The quantitative estimate of drug-likeness (QED) is 0.118. The minimum atomic E-state index is -0.0739. The summed E-state index contributed by atoms with van der Waals surface area (Å²) >= 11 is 0. The molecule has 4 aromatic rings. The van der Waals surface area contributed by atoms with E-state index in [1.807, 2.05) is 14.2 Å². The summed E-state index contributed by atoms with van der Waals surface area (Å²) in [4.78, 5) is 0. The highest BCUT2D eigenvalue weighted by molar-refractivity contribution is 5.60. The summed E-state index contributed by atoms with van der Waals surface area (Å²) in [5, 5.41) is 0. The van der Waals surface area contributed by atoms with Crippen molar-refractivity contribution in [3.8, 4) is 23.0 Å². The predicted molar refractivity (Wildman–Crippen MR) is 255 cm³/mol. The molecule has 1 aliphatic carbocycles. The molecule has 0 aliphatic heterocycles. The molecule has 0 saturated heterocycles. The Labute approximate surface area is 366 Å². The van der Waals surface area contributed by atoms with E-state index in [0.29, 0.717) is 38.9 Å². The second-order valence-electron chi connectivity index (χ2n) is 21.7. The van der Waals surface area contributed by atoms with Crippen molar-refractivity contribution in [2.24, 2.45) is 0 Å². The number of benzene rings is 4. The van der Waals surface area contributed by atoms with Gasteiger partial charge in [-0.3, -0.25) is 0 Å². The lowest BCUT2D eigenvalue weighted by molar-refractivity contribution is 0.297. The number of methoxy groups -OCH3 is 2. The van der Waals surface area contributed by atoms with Crippen LogP contribution in [0, 0.1) is 0 Å². The zero-order valence-corrected chi connectivity index (χ0v) is 40.7. The first-order valence-electron chi connectivity index (χ1n) is 23.1. The summed E-state index contributed by atoms with van der Waals surface area (Å²) in [6.45, 7) is 33.8. The molecule has 5 rings (SSSR count). The van der Waals surface area contributed by atoms with Crippen LogP contribution in [0.5, 0.6) is 23.0 Å². The van der Waals surface area contributed by atoms with E-state index in [1.54, 1.807) is 0 Å². The average Bonchev–Trinajstić information content (AvgIpc) is 3.14. The lowest BCUT2D eigenvalue weighted by Gasteiger charge is -2.29. The number of hydrogen-bond donors (Lipinski definition) is 0. The maximum Gasteiger partial charge on any atom is 0.126 e. The van der Waals surface area contributed by atoms with Gasteiger partial charge in [0.15, 0.2) is 0 Å². The van der Waals surface area contributed by atoms with E-state index in [9.17, 15) is 0 Å². The molecule has 0 radical (unpaired) electrons. The van der Waals surface area contributed by atoms with Crippen LogP contribution in [0.4, 0.5) is 0 Å². The lowest BCUT2D eigenvalue weighted by Crippen LogP contribution is -2.17. The van der Waals surface area contributed by atoms with Crippen LogP contribution in [0.1, 0.15) is 202 Å². The summed E-state index contributed by atoms with van der Waals surface area (Å²) < 4.78 is 27.1. The van der Waals surface area contributed by atoms with Crippen molar-refractivity contribution < 1.29 is 18.9 Å². The molecule has 328 valence electrons. The van der Waals surface area contributed by atoms with Gasteiger partial charge in [0, 0.05) is 25.7 Å². The van der Waals surface area contributed by atoms with Crippen LogP contribution in [0.2, 0.25) is 0 Å². The standard InChI is InChI=1S/C56H80O4/c1-17-19-21-23-59-51-41-26-39-31-45(53(3,4)5)29-37(49(39)57-15)25-38-30-46(54(6,7)8)32-40(50(38)58-16)27-42-34-48(56(12,13)14)36-44(52(42)60-24-22-20-18-2)28-43(51)35-47(33-41)55(9,10)11/h29-36H,17-28H2,1-16H3. The molecular formula is C56H80O4. The van der Waals surface area contributed by atoms with Crippen LogP contribution >= 0.6 is 0 Å². The van der Waals surface area contributed by atoms with E-state index in [2.05, 4.69) is 145 Å². The molecule has 0 amide bonds. The first-order valence-corrected chi connectivity index (χ1v) is 23.1. The van der Waals surface area contributed by atoms with Crippen LogP contribution in [-0.2, 0) is 47.3 Å². The molecular weight excluding hydrogens is 737 g/mol. The van der Waals surface area contributed by atoms with Crippen LogP contribution in [-0.4, -0.2) is 27.4 Å². The topological polar surface area (TPSA) is 36.9 Å². The van der Waals surface area contributed by atoms with E-state index in [-0.39, 0.29) is 21.7 Å². The summed E-state index contributed by atoms with van der Waals surface area (Å²) in [6.07, 6.45) is 9.40. The molecule has 60 heavy (non-hydrogen) atoms. The molecule has 0 heterocycles. The van der Waals surface area contributed by atoms with Crippen molar-refractivity contribution in [2.75, 3.05) is 27.4 Å². The smallest absolute Gasteiger partial charge is 0.126 e. The van der Waals surface area contributed by atoms with Crippen LogP contribution in [0.3, 0.4) is 0 Å².